The molecule has 0 aromatic carbocycles. The first-order chi connectivity index (χ1) is 6.36. The Labute approximate surface area is 105 Å². The number of halogens is 2. The normalized spacial score (nSPS) is 14.4. The van der Waals surface area contributed by atoms with Crippen molar-refractivity contribution in [1.82, 2.24) is 0 Å². The molecule has 0 nitrogen and oxygen atoms in total. The molecular formula is C10H24AlBCl2. The summed E-state index contributed by atoms with van der Waals surface area (Å²) in [7, 11) is 9.98. The van der Waals surface area contributed by atoms with E-state index in [1.165, 1.54) is 0 Å². The van der Waals surface area contributed by atoms with Crippen molar-refractivity contribution < 1.29 is 0 Å². The third kappa shape index (κ3) is 11.3. The molecule has 84 valence electrons. The molecule has 0 N–H and O–H groups in total. The van der Waals surface area contributed by atoms with Gasteiger partial charge in [-0.05, 0) is 7.28 Å². The van der Waals surface area contributed by atoms with Crippen LogP contribution in [-0.4, -0.2) is 20.7 Å². The fraction of sp³-hybridized carbons (Fsp3) is 1.00. The van der Waals surface area contributed by atoms with Crippen LogP contribution in [0.4, 0.5) is 0 Å². The van der Waals surface area contributed by atoms with Crippen molar-refractivity contribution >= 4 is 40.8 Å². The molecular weight excluding hydrogens is 229 g/mol. The zero-order valence-corrected chi connectivity index (χ0v) is 13.3. The van der Waals surface area contributed by atoms with Crippen LogP contribution in [0, 0.1) is 11.8 Å². The molecule has 0 saturated carbocycles. The van der Waals surface area contributed by atoms with Gasteiger partial charge in [0.1, 0.15) is 0 Å². The molecule has 2 unspecified atom stereocenters. The quantitative estimate of drug-likeness (QED) is 0.662. The number of hydrogen-bond donors (Lipinski definition) is 0. The van der Waals surface area contributed by atoms with E-state index in [1.807, 2.05) is 0 Å². The van der Waals surface area contributed by atoms with Crippen LogP contribution in [0.2, 0.25) is 11.6 Å². The summed E-state index contributed by atoms with van der Waals surface area (Å²) in [5, 5.41) is 0. The van der Waals surface area contributed by atoms with Crippen molar-refractivity contribution in [3.8, 4) is 0 Å². The predicted molar refractivity (Wildman–Crippen MR) is 74.5 cm³/mol. The van der Waals surface area contributed by atoms with Gasteiger partial charge in [-0.1, -0.05) is 53.4 Å². The van der Waals surface area contributed by atoms with E-state index in [4.69, 9.17) is 20.1 Å². The van der Waals surface area contributed by atoms with Crippen molar-refractivity contribution in [2.45, 2.75) is 53.2 Å². The van der Waals surface area contributed by atoms with Gasteiger partial charge in [-0.2, -0.15) is 11.6 Å². The summed E-state index contributed by atoms with van der Waals surface area (Å²) in [5.74, 6) is 3.81. The van der Waals surface area contributed by atoms with Gasteiger partial charge in [0.15, 0.2) is 0 Å². The minimum absolute atomic E-state index is 0.287. The molecule has 0 spiro atoms. The Hall–Kier alpha value is 1.18. The standard InChI is InChI=1S/C10H24B.Al.2ClH/c1-7(2)9(5)11-10(6)8(3)4;;;/h7-10H,11H2,1-6H3;;2*1H/q-1;+3;;/p-2. The van der Waals surface area contributed by atoms with E-state index in [0.717, 1.165) is 23.5 Å². The molecule has 0 rings (SSSR count). The Morgan fingerprint density at radius 3 is 1.14 bits per heavy atom. The molecule has 4 heteroatoms. The summed E-state index contributed by atoms with van der Waals surface area (Å²) in [6.07, 6.45) is 0. The van der Waals surface area contributed by atoms with Gasteiger partial charge in [-0.3, -0.25) is 0 Å². The van der Waals surface area contributed by atoms with Crippen molar-refractivity contribution in [3.05, 3.63) is 0 Å². The molecule has 0 radical (unpaired) electrons. The molecule has 0 aromatic rings. The van der Waals surface area contributed by atoms with Crippen molar-refractivity contribution in [2.24, 2.45) is 11.8 Å². The van der Waals surface area contributed by atoms with Crippen molar-refractivity contribution in [1.29, 1.82) is 0 Å². The molecule has 0 heterocycles. The summed E-state index contributed by atoms with van der Waals surface area (Å²) in [6, 6.07) is 0. The molecule has 0 saturated heterocycles. The topological polar surface area (TPSA) is 0 Å². The van der Waals surface area contributed by atoms with Crippen molar-refractivity contribution in [3.63, 3.8) is 0 Å². The van der Waals surface area contributed by atoms with E-state index in [1.54, 1.807) is 0 Å². The van der Waals surface area contributed by atoms with Crippen LogP contribution in [-0.2, 0) is 0 Å². The Kier molecular flexibility index (Phi) is 13.4. The molecule has 0 fully saturated rings. The second kappa shape index (κ2) is 10.7. The van der Waals surface area contributed by atoms with Gasteiger partial charge in [-0.25, -0.2) is 0 Å². The molecule has 2 atom stereocenters. The van der Waals surface area contributed by atoms with Crippen LogP contribution in [0.1, 0.15) is 41.5 Å². The molecule has 14 heavy (non-hydrogen) atoms. The maximum absolute atomic E-state index is 4.85. The van der Waals surface area contributed by atoms with E-state index in [-0.39, 0.29) is 20.7 Å². The second-order valence-electron chi connectivity index (χ2n) is 5.39. The van der Waals surface area contributed by atoms with E-state index in [2.05, 4.69) is 41.5 Å². The van der Waals surface area contributed by atoms with Crippen molar-refractivity contribution in [2.75, 3.05) is 0 Å². The van der Waals surface area contributed by atoms with Crippen LogP contribution in [0.5, 0.6) is 0 Å². The fourth-order valence-electron chi connectivity index (χ4n) is 1.60. The Bertz CT molecular complexity index is 109. The average Bonchev–Trinajstić information content (AvgIpc) is 2.05. The van der Waals surface area contributed by atoms with E-state index < -0.39 is 0 Å². The van der Waals surface area contributed by atoms with Gasteiger partial charge >= 0.3 is 33.5 Å². The molecule has 0 bridgehead atoms. The number of rotatable bonds is 4. The number of hydrogen-bond acceptors (Lipinski definition) is 0. The summed E-state index contributed by atoms with van der Waals surface area (Å²) in [5.41, 5.74) is 0. The van der Waals surface area contributed by atoms with Gasteiger partial charge in [0.25, 0.3) is 0 Å². The van der Waals surface area contributed by atoms with Crippen LogP contribution < -0.4 is 0 Å². The summed E-state index contributed by atoms with van der Waals surface area (Å²) >= 11 is -0.306. The van der Waals surface area contributed by atoms with Crippen LogP contribution in [0.15, 0.2) is 0 Å². The van der Waals surface area contributed by atoms with E-state index in [9.17, 15) is 0 Å². The van der Waals surface area contributed by atoms with Gasteiger partial charge in [-0.15, -0.1) is 0 Å². The molecule has 0 aromatic heterocycles. The van der Waals surface area contributed by atoms with Crippen LogP contribution in [0.25, 0.3) is 0 Å². The van der Waals surface area contributed by atoms with Gasteiger partial charge in [0, 0.05) is 0 Å². The predicted octanol–water partition coefficient (Wildman–Crippen LogP) is 4.08. The van der Waals surface area contributed by atoms with E-state index in [0.29, 0.717) is 0 Å². The summed E-state index contributed by atoms with van der Waals surface area (Å²) in [4.78, 5) is 0. The van der Waals surface area contributed by atoms with Gasteiger partial charge in [0.05, 0.1) is 0 Å². The molecule has 0 amide bonds. The third-order valence-electron chi connectivity index (χ3n) is 3.72. The molecule has 0 aliphatic rings. The SMILES string of the molecule is CC(C)C(C)[BH2-]C(C)C(C)C.[Cl][Al+][Cl]. The second-order valence-corrected chi connectivity index (χ2v) is 7.54. The Morgan fingerprint density at radius 1 is 0.786 bits per heavy atom. The zero-order valence-electron chi connectivity index (χ0n) is 10.6. The maximum atomic E-state index is 4.85. The monoisotopic (exact) mass is 252 g/mol. The first-order valence-electron chi connectivity index (χ1n) is 5.72. The molecule has 0 aliphatic heterocycles. The zero-order chi connectivity index (χ0) is 11.7. The minimum atomic E-state index is -0.306. The van der Waals surface area contributed by atoms with Gasteiger partial charge in [0.2, 0.25) is 0 Å². The summed E-state index contributed by atoms with van der Waals surface area (Å²) < 4.78 is 0. The average molecular weight is 253 g/mol. The fourth-order valence-corrected chi connectivity index (χ4v) is 1.60. The Morgan fingerprint density at radius 2 is 1.00 bits per heavy atom. The summed E-state index contributed by atoms with van der Waals surface area (Å²) in [6.45, 7) is 14.2. The third-order valence-corrected chi connectivity index (χ3v) is 3.72. The van der Waals surface area contributed by atoms with Gasteiger partial charge < -0.3 is 0 Å². The van der Waals surface area contributed by atoms with E-state index >= 15 is 0 Å². The van der Waals surface area contributed by atoms with Crippen LogP contribution >= 0.6 is 20.1 Å². The Balaban J connectivity index is 0. The first kappa shape index (κ1) is 17.6. The first-order valence-corrected chi connectivity index (χ1v) is 9.21. The molecule has 0 aliphatic carbocycles. The van der Waals surface area contributed by atoms with Crippen LogP contribution in [0.3, 0.4) is 0 Å².